The molecule has 2 fully saturated rings. The van der Waals surface area contributed by atoms with Crippen LogP contribution in [0.5, 0.6) is 0 Å². The second kappa shape index (κ2) is 10.4. The molecule has 0 amide bonds. The number of nitrogens with one attached hydrogen (secondary N) is 2. The fraction of sp³-hybridized carbons (Fsp3) is 0.423. The Morgan fingerprint density at radius 1 is 1.30 bits per heavy atom. The van der Waals surface area contributed by atoms with E-state index in [1.807, 2.05) is 22.8 Å². The summed E-state index contributed by atoms with van der Waals surface area (Å²) in [5.74, 6) is 5.86. The summed E-state index contributed by atoms with van der Waals surface area (Å²) >= 11 is -1.80. The van der Waals surface area contributed by atoms with Gasteiger partial charge in [-0.1, -0.05) is 0 Å². The number of fused-ring (bicyclic) bond motifs is 1. The summed E-state index contributed by atoms with van der Waals surface area (Å²) in [4.78, 5) is 1.93. The minimum atomic E-state index is -4.34. The molecule has 1 aliphatic carbocycles. The van der Waals surface area contributed by atoms with Crippen LogP contribution in [0, 0.1) is 11.8 Å². The van der Waals surface area contributed by atoms with E-state index in [0.717, 1.165) is 24.9 Å². The van der Waals surface area contributed by atoms with Crippen molar-refractivity contribution in [2.24, 2.45) is 0 Å². The van der Waals surface area contributed by atoms with Gasteiger partial charge in [-0.05, 0) is 0 Å². The SMILES string of the molecule is C=C(NCC#Cc1cc2c(NC3CCN(C)CC3F)cccn2c1[Se]C(F)(F)F)c1cnn(C2CC2)c1. The molecule has 4 heterocycles. The molecule has 37 heavy (non-hydrogen) atoms. The van der Waals surface area contributed by atoms with Crippen LogP contribution in [0.4, 0.5) is 23.2 Å². The van der Waals surface area contributed by atoms with E-state index in [-0.39, 0.29) is 11.1 Å². The van der Waals surface area contributed by atoms with E-state index in [1.54, 1.807) is 30.6 Å². The molecule has 1 aliphatic heterocycles. The zero-order chi connectivity index (χ0) is 26.2. The molecular weight excluding hydrogens is 551 g/mol. The molecule has 2 unspecified atom stereocenters. The summed E-state index contributed by atoms with van der Waals surface area (Å²) in [5, 5.41) is 6.35. The number of rotatable bonds is 7. The van der Waals surface area contributed by atoms with Crippen molar-refractivity contribution in [1.29, 1.82) is 0 Å². The Labute approximate surface area is 219 Å². The number of halogens is 4. The first kappa shape index (κ1) is 25.7. The molecule has 11 heteroatoms. The number of alkyl halides is 4. The van der Waals surface area contributed by atoms with Gasteiger partial charge >= 0.3 is 219 Å². The van der Waals surface area contributed by atoms with Crippen LogP contribution in [0.1, 0.15) is 36.4 Å². The first-order chi connectivity index (χ1) is 17.7. The second-order valence-electron chi connectivity index (χ2n) is 9.48. The molecule has 0 radical (unpaired) electrons. The Morgan fingerprint density at radius 3 is 2.84 bits per heavy atom. The predicted molar refractivity (Wildman–Crippen MR) is 138 cm³/mol. The topological polar surface area (TPSA) is 49.5 Å². The van der Waals surface area contributed by atoms with Gasteiger partial charge in [-0.3, -0.25) is 0 Å². The van der Waals surface area contributed by atoms with Gasteiger partial charge in [0.15, 0.2) is 0 Å². The Bertz CT molecular complexity index is 1350. The van der Waals surface area contributed by atoms with Crippen LogP contribution in [-0.2, 0) is 0 Å². The zero-order valence-electron chi connectivity index (χ0n) is 20.4. The molecular formula is C26H28F4N6Se. The van der Waals surface area contributed by atoms with Crippen molar-refractivity contribution >= 4 is 36.5 Å². The summed E-state index contributed by atoms with van der Waals surface area (Å²) in [5.41, 5.74) is 3.00. The molecule has 6 nitrogen and oxygen atoms in total. The van der Waals surface area contributed by atoms with E-state index in [2.05, 4.69) is 34.2 Å². The summed E-state index contributed by atoms with van der Waals surface area (Å²) in [6.45, 7) is 5.31. The van der Waals surface area contributed by atoms with Crippen molar-refractivity contribution in [2.75, 3.05) is 32.0 Å². The second-order valence-corrected chi connectivity index (χ2v) is 11.7. The molecule has 5 rings (SSSR count). The molecule has 0 bridgehead atoms. The number of hydrogen-bond donors (Lipinski definition) is 2. The molecule has 0 aromatic carbocycles. The molecule has 3 aromatic rings. The van der Waals surface area contributed by atoms with Gasteiger partial charge in [0.25, 0.3) is 0 Å². The predicted octanol–water partition coefficient (Wildman–Crippen LogP) is 3.39. The van der Waals surface area contributed by atoms with Gasteiger partial charge in [0.2, 0.25) is 0 Å². The summed E-state index contributed by atoms with van der Waals surface area (Å²) < 4.78 is 58.7. The number of nitrogens with zero attached hydrogens (tertiary/aromatic N) is 4. The monoisotopic (exact) mass is 580 g/mol. The van der Waals surface area contributed by atoms with E-state index >= 15 is 0 Å². The van der Waals surface area contributed by atoms with Crippen LogP contribution >= 0.6 is 0 Å². The van der Waals surface area contributed by atoms with Gasteiger partial charge in [0.05, 0.1) is 0 Å². The Kier molecular flexibility index (Phi) is 7.26. The number of pyridine rings is 1. The van der Waals surface area contributed by atoms with Gasteiger partial charge in [-0.2, -0.15) is 0 Å². The number of aromatic nitrogens is 3. The molecule has 1 saturated heterocycles. The molecule has 2 atom stereocenters. The third-order valence-corrected chi connectivity index (χ3v) is 8.31. The van der Waals surface area contributed by atoms with E-state index in [1.165, 1.54) is 4.40 Å². The van der Waals surface area contributed by atoms with Crippen molar-refractivity contribution in [1.82, 2.24) is 24.4 Å². The van der Waals surface area contributed by atoms with E-state index < -0.39 is 32.2 Å². The first-order valence-corrected chi connectivity index (χ1v) is 13.8. The molecule has 2 N–H and O–H groups in total. The third-order valence-electron chi connectivity index (χ3n) is 6.55. The number of piperidine rings is 1. The average Bonchev–Trinajstić information content (AvgIpc) is 3.47. The van der Waals surface area contributed by atoms with Crippen LogP contribution in [0.2, 0.25) is 0 Å². The van der Waals surface area contributed by atoms with Gasteiger partial charge in [0, 0.05) is 0 Å². The average molecular weight is 580 g/mol. The van der Waals surface area contributed by atoms with Gasteiger partial charge in [-0.15, -0.1) is 0 Å². The summed E-state index contributed by atoms with van der Waals surface area (Å²) in [6.07, 6.45) is 7.09. The van der Waals surface area contributed by atoms with Gasteiger partial charge in [-0.25, -0.2) is 0 Å². The molecule has 2 aliphatic rings. The standard InChI is InChI=1S/C26H28F4N6Se/c1-17(19-14-32-36(15-19)20-7-8-20)31-10-3-5-18-13-24-23(33-22-9-12-34(2)16-21(22)27)6-4-11-35(24)25(18)37-26(28,29)30/h4,6,11,13-15,20-22,31,33H,1,7-10,12,16H2,2H3. The maximum atomic E-state index is 14.6. The quantitative estimate of drug-likeness (QED) is 0.256. The van der Waals surface area contributed by atoms with Gasteiger partial charge < -0.3 is 0 Å². The van der Waals surface area contributed by atoms with Crippen LogP contribution in [0.3, 0.4) is 0 Å². The van der Waals surface area contributed by atoms with Crippen LogP contribution in [0.25, 0.3) is 11.2 Å². The summed E-state index contributed by atoms with van der Waals surface area (Å²) in [7, 11) is 1.87. The van der Waals surface area contributed by atoms with Crippen LogP contribution in [0.15, 0.2) is 43.4 Å². The van der Waals surface area contributed by atoms with Crippen molar-refractivity contribution in [2.45, 2.75) is 42.6 Å². The van der Waals surface area contributed by atoms with Crippen molar-refractivity contribution in [3.05, 3.63) is 54.5 Å². The Morgan fingerprint density at radius 2 is 2.11 bits per heavy atom. The van der Waals surface area contributed by atoms with Crippen molar-refractivity contribution in [3.8, 4) is 11.8 Å². The summed E-state index contributed by atoms with van der Waals surface area (Å²) in [6, 6.07) is 5.18. The van der Waals surface area contributed by atoms with E-state index in [4.69, 9.17) is 0 Å². The van der Waals surface area contributed by atoms with Gasteiger partial charge in [0.1, 0.15) is 0 Å². The fourth-order valence-corrected chi connectivity index (χ4v) is 5.90. The number of hydrogen-bond acceptors (Lipinski definition) is 4. The first-order valence-electron chi connectivity index (χ1n) is 12.1. The normalized spacial score (nSPS) is 20.5. The van der Waals surface area contributed by atoms with Crippen LogP contribution in [-0.4, -0.2) is 78.0 Å². The molecule has 196 valence electrons. The minimum absolute atomic E-state index is 0.121. The van der Waals surface area contributed by atoms with Crippen molar-refractivity contribution in [3.63, 3.8) is 0 Å². The zero-order valence-corrected chi connectivity index (χ0v) is 22.1. The Hall–Kier alpha value is -2.93. The van der Waals surface area contributed by atoms with Crippen molar-refractivity contribution < 1.29 is 17.6 Å². The van der Waals surface area contributed by atoms with Crippen LogP contribution < -0.4 is 15.2 Å². The van der Waals surface area contributed by atoms with E-state index in [9.17, 15) is 17.6 Å². The maximum absolute atomic E-state index is 14.6. The molecule has 0 spiro atoms. The number of likely N-dealkylation sites (tertiary alicyclic amines) is 1. The molecule has 1 saturated carbocycles. The fourth-order valence-electron chi connectivity index (χ4n) is 4.44. The number of anilines is 1. The van der Waals surface area contributed by atoms with E-state index in [0.29, 0.717) is 41.5 Å². The third kappa shape index (κ3) is 6.15. The Balaban J connectivity index is 1.35. The molecule has 3 aromatic heterocycles.